The highest BCUT2D eigenvalue weighted by atomic mass is 35.5. The Morgan fingerprint density at radius 2 is 1.90 bits per heavy atom. The van der Waals surface area contributed by atoms with E-state index in [1.807, 2.05) is 6.92 Å². The lowest BCUT2D eigenvalue weighted by Gasteiger charge is -2.27. The van der Waals surface area contributed by atoms with Crippen LogP contribution < -0.4 is 10.5 Å². The van der Waals surface area contributed by atoms with Crippen molar-refractivity contribution in [3.05, 3.63) is 22.7 Å². The molecule has 114 valence electrons. The van der Waals surface area contributed by atoms with Crippen molar-refractivity contribution in [2.75, 3.05) is 12.3 Å². The zero-order valence-electron chi connectivity index (χ0n) is 12.6. The normalized spacial score (nSPS) is 14.3. The van der Waals surface area contributed by atoms with Crippen molar-refractivity contribution < 1.29 is 8.42 Å². The van der Waals surface area contributed by atoms with Gasteiger partial charge < -0.3 is 5.73 Å². The summed E-state index contributed by atoms with van der Waals surface area (Å²) in [4.78, 5) is 0.0309. The van der Waals surface area contributed by atoms with Gasteiger partial charge in [0, 0.05) is 12.2 Å². The minimum absolute atomic E-state index is 0.0264. The highest BCUT2D eigenvalue weighted by Gasteiger charge is 2.24. The van der Waals surface area contributed by atoms with Crippen molar-refractivity contribution in [3.8, 4) is 0 Å². The van der Waals surface area contributed by atoms with E-state index in [1.165, 1.54) is 6.07 Å². The zero-order chi connectivity index (χ0) is 15.7. The molecule has 0 spiro atoms. The van der Waals surface area contributed by atoms with Gasteiger partial charge in [0.15, 0.2) is 0 Å². The first-order valence-corrected chi connectivity index (χ1v) is 8.36. The summed E-state index contributed by atoms with van der Waals surface area (Å²) in [5.41, 5.74) is 6.96. The molecular weight excluding hydrogens is 296 g/mol. The maximum atomic E-state index is 12.3. The van der Waals surface area contributed by atoms with Crippen LogP contribution in [0.5, 0.6) is 0 Å². The molecular formula is C14H23ClN2O2S. The molecule has 0 radical (unpaired) electrons. The number of anilines is 1. The molecule has 1 aromatic carbocycles. The molecule has 0 fully saturated rings. The Labute approximate surface area is 126 Å². The standard InChI is InChI=1S/C14H23ClN2O2S/c1-9-6-11(15)13(7-12(9)16)20(18,19)17-8-10(2)14(3,4)5/h6-7,10,17H,8,16H2,1-5H3. The summed E-state index contributed by atoms with van der Waals surface area (Å²) >= 11 is 6.02. The van der Waals surface area contributed by atoms with Gasteiger partial charge in [-0.15, -0.1) is 0 Å². The highest BCUT2D eigenvalue weighted by molar-refractivity contribution is 7.89. The number of nitrogen functional groups attached to an aromatic ring is 1. The van der Waals surface area contributed by atoms with Crippen LogP contribution >= 0.6 is 11.6 Å². The van der Waals surface area contributed by atoms with Crippen LogP contribution in [0.3, 0.4) is 0 Å². The summed E-state index contributed by atoms with van der Waals surface area (Å²) in [6.07, 6.45) is 0. The third-order valence-electron chi connectivity index (χ3n) is 3.67. The number of benzene rings is 1. The Bertz CT molecular complexity index is 592. The van der Waals surface area contributed by atoms with Gasteiger partial charge in [0.2, 0.25) is 10.0 Å². The van der Waals surface area contributed by atoms with Crippen LogP contribution in [0.15, 0.2) is 17.0 Å². The van der Waals surface area contributed by atoms with Crippen LogP contribution in [0.1, 0.15) is 33.3 Å². The lowest BCUT2D eigenvalue weighted by Crippen LogP contribution is -2.33. The molecule has 0 saturated carbocycles. The van der Waals surface area contributed by atoms with Crippen molar-refractivity contribution in [1.82, 2.24) is 4.72 Å². The van der Waals surface area contributed by atoms with E-state index in [9.17, 15) is 8.42 Å². The largest absolute Gasteiger partial charge is 0.398 e. The summed E-state index contributed by atoms with van der Waals surface area (Å²) in [5, 5.41) is 0.188. The van der Waals surface area contributed by atoms with E-state index in [-0.39, 0.29) is 21.3 Å². The van der Waals surface area contributed by atoms with E-state index in [0.717, 1.165) is 5.56 Å². The van der Waals surface area contributed by atoms with E-state index in [2.05, 4.69) is 25.5 Å². The molecule has 0 aliphatic carbocycles. The van der Waals surface area contributed by atoms with E-state index in [0.29, 0.717) is 12.2 Å². The number of nitrogens with two attached hydrogens (primary N) is 1. The predicted molar refractivity (Wildman–Crippen MR) is 84.4 cm³/mol. The fraction of sp³-hybridized carbons (Fsp3) is 0.571. The third kappa shape index (κ3) is 4.11. The summed E-state index contributed by atoms with van der Waals surface area (Å²) in [6, 6.07) is 2.97. The van der Waals surface area contributed by atoms with Crippen molar-refractivity contribution in [3.63, 3.8) is 0 Å². The van der Waals surface area contributed by atoms with Crippen molar-refractivity contribution in [2.24, 2.45) is 11.3 Å². The van der Waals surface area contributed by atoms with Gasteiger partial charge in [-0.1, -0.05) is 39.3 Å². The number of halogens is 1. The van der Waals surface area contributed by atoms with Gasteiger partial charge in [0.05, 0.1) is 5.02 Å². The zero-order valence-corrected chi connectivity index (χ0v) is 14.2. The molecule has 1 atom stereocenters. The molecule has 1 unspecified atom stereocenters. The van der Waals surface area contributed by atoms with E-state index >= 15 is 0 Å². The molecule has 0 amide bonds. The molecule has 1 rings (SSSR count). The lowest BCUT2D eigenvalue weighted by molar-refractivity contribution is 0.263. The number of sulfonamides is 1. The molecule has 0 saturated heterocycles. The predicted octanol–water partition coefficient (Wildman–Crippen LogP) is 3.19. The molecule has 4 nitrogen and oxygen atoms in total. The Kier molecular flexibility index (Phi) is 5.11. The van der Waals surface area contributed by atoms with Gasteiger partial charge in [-0.3, -0.25) is 0 Å². The number of rotatable bonds is 4. The second-order valence-corrected chi connectivity index (χ2v) is 8.40. The van der Waals surface area contributed by atoms with Gasteiger partial charge in [-0.2, -0.15) is 0 Å². The first-order valence-electron chi connectivity index (χ1n) is 6.50. The summed E-state index contributed by atoms with van der Waals surface area (Å²) in [5.74, 6) is 0.193. The maximum Gasteiger partial charge on any atom is 0.242 e. The average molecular weight is 319 g/mol. The number of hydrogen-bond donors (Lipinski definition) is 2. The van der Waals surface area contributed by atoms with Gasteiger partial charge >= 0.3 is 0 Å². The molecule has 0 aliphatic rings. The summed E-state index contributed by atoms with van der Waals surface area (Å²) in [6.45, 7) is 10.4. The Hall–Kier alpha value is -0.780. The summed E-state index contributed by atoms with van der Waals surface area (Å²) in [7, 11) is -3.65. The number of aryl methyl sites for hydroxylation is 1. The first kappa shape index (κ1) is 17.3. The SMILES string of the molecule is Cc1cc(Cl)c(S(=O)(=O)NCC(C)C(C)(C)C)cc1N. The molecule has 3 N–H and O–H groups in total. The molecule has 1 aromatic rings. The second kappa shape index (κ2) is 5.92. The minimum atomic E-state index is -3.65. The maximum absolute atomic E-state index is 12.3. The summed E-state index contributed by atoms with van der Waals surface area (Å²) < 4.78 is 27.2. The Morgan fingerprint density at radius 3 is 2.40 bits per heavy atom. The van der Waals surface area contributed by atoms with Crippen LogP contribution in [0, 0.1) is 18.3 Å². The highest BCUT2D eigenvalue weighted by Crippen LogP contribution is 2.28. The minimum Gasteiger partial charge on any atom is -0.398 e. The molecule has 6 heteroatoms. The first-order chi connectivity index (χ1) is 8.95. The lowest BCUT2D eigenvalue weighted by atomic mass is 9.82. The second-order valence-electron chi connectivity index (χ2n) is 6.26. The number of nitrogens with one attached hydrogen (secondary N) is 1. The average Bonchev–Trinajstić information content (AvgIpc) is 2.29. The van der Waals surface area contributed by atoms with Crippen LogP contribution in [0.2, 0.25) is 5.02 Å². The molecule has 0 bridgehead atoms. The van der Waals surface area contributed by atoms with Gasteiger partial charge in [-0.05, 0) is 36.0 Å². The van der Waals surface area contributed by atoms with E-state index in [4.69, 9.17) is 17.3 Å². The monoisotopic (exact) mass is 318 g/mol. The fourth-order valence-electron chi connectivity index (χ4n) is 1.49. The topological polar surface area (TPSA) is 72.2 Å². The molecule has 20 heavy (non-hydrogen) atoms. The third-order valence-corrected chi connectivity index (χ3v) is 5.56. The Balaban J connectivity index is 2.98. The van der Waals surface area contributed by atoms with Gasteiger partial charge in [0.25, 0.3) is 0 Å². The molecule has 0 heterocycles. The molecule has 0 aliphatic heterocycles. The number of hydrogen-bond acceptors (Lipinski definition) is 3. The van der Waals surface area contributed by atoms with Crippen molar-refractivity contribution >= 4 is 27.3 Å². The smallest absolute Gasteiger partial charge is 0.242 e. The quantitative estimate of drug-likeness (QED) is 0.837. The van der Waals surface area contributed by atoms with E-state index < -0.39 is 10.0 Å². The van der Waals surface area contributed by atoms with E-state index in [1.54, 1.807) is 13.0 Å². The van der Waals surface area contributed by atoms with Crippen LogP contribution in [0.4, 0.5) is 5.69 Å². The van der Waals surface area contributed by atoms with Gasteiger partial charge in [-0.25, -0.2) is 13.1 Å². The fourth-order valence-corrected chi connectivity index (χ4v) is 3.24. The van der Waals surface area contributed by atoms with Crippen LogP contribution in [0.25, 0.3) is 0 Å². The Morgan fingerprint density at radius 1 is 1.35 bits per heavy atom. The molecule has 0 aromatic heterocycles. The van der Waals surface area contributed by atoms with Crippen molar-refractivity contribution in [2.45, 2.75) is 39.5 Å². The van der Waals surface area contributed by atoms with Gasteiger partial charge in [0.1, 0.15) is 4.90 Å². The van der Waals surface area contributed by atoms with Crippen LogP contribution in [-0.4, -0.2) is 15.0 Å². The van der Waals surface area contributed by atoms with Crippen LogP contribution in [-0.2, 0) is 10.0 Å². The van der Waals surface area contributed by atoms with Crippen molar-refractivity contribution in [1.29, 1.82) is 0 Å².